The molecule has 0 radical (unpaired) electrons. The van der Waals surface area contributed by atoms with Gasteiger partial charge in [-0.3, -0.25) is 9.69 Å². The molecule has 2 saturated heterocycles. The summed E-state index contributed by atoms with van der Waals surface area (Å²) >= 11 is 0. The maximum Gasteiger partial charge on any atom is 0.224 e. The standard InChI is InChI=1S/C18H27N3O2/c22-17-6-9-21(10-7-17)13-16-4-2-1-3-14(16)12-20-18(23)15-5-8-19-11-15/h1-4,15,17,19,22H,5-13H2,(H,20,23)/t15-/m0/s1. The topological polar surface area (TPSA) is 64.6 Å². The third-order valence-corrected chi connectivity index (χ3v) is 4.95. The molecule has 5 heteroatoms. The van der Waals surface area contributed by atoms with Crippen molar-refractivity contribution in [2.75, 3.05) is 26.2 Å². The number of hydrogen-bond donors (Lipinski definition) is 3. The van der Waals surface area contributed by atoms with E-state index in [2.05, 4.69) is 33.7 Å². The molecular weight excluding hydrogens is 290 g/mol. The number of amides is 1. The number of piperidine rings is 1. The molecule has 5 nitrogen and oxygen atoms in total. The minimum absolute atomic E-state index is 0.116. The second-order valence-electron chi connectivity index (χ2n) is 6.68. The molecule has 1 amide bonds. The molecule has 23 heavy (non-hydrogen) atoms. The molecule has 126 valence electrons. The number of nitrogens with zero attached hydrogens (tertiary/aromatic N) is 1. The molecule has 2 fully saturated rings. The molecule has 2 aliphatic heterocycles. The van der Waals surface area contributed by atoms with Crippen LogP contribution >= 0.6 is 0 Å². The fourth-order valence-electron chi connectivity index (χ4n) is 3.41. The molecule has 1 aromatic carbocycles. The van der Waals surface area contributed by atoms with Crippen LogP contribution in [0.2, 0.25) is 0 Å². The zero-order valence-corrected chi connectivity index (χ0v) is 13.6. The second kappa shape index (κ2) is 7.90. The van der Waals surface area contributed by atoms with Crippen LogP contribution < -0.4 is 10.6 Å². The van der Waals surface area contributed by atoms with Crippen LogP contribution in [0.1, 0.15) is 30.4 Å². The number of rotatable bonds is 5. The van der Waals surface area contributed by atoms with Crippen molar-refractivity contribution in [1.82, 2.24) is 15.5 Å². The average Bonchev–Trinajstić information content (AvgIpc) is 3.10. The normalized spacial score (nSPS) is 23.1. The zero-order chi connectivity index (χ0) is 16.1. The maximum absolute atomic E-state index is 12.2. The number of likely N-dealkylation sites (tertiary alicyclic amines) is 1. The number of carbonyl (C=O) groups is 1. The lowest BCUT2D eigenvalue weighted by Crippen LogP contribution is -2.36. The molecule has 1 atom stereocenters. The zero-order valence-electron chi connectivity index (χ0n) is 13.6. The Bertz CT molecular complexity index is 521. The van der Waals surface area contributed by atoms with E-state index in [0.717, 1.165) is 52.0 Å². The number of aliphatic hydroxyl groups is 1. The van der Waals surface area contributed by atoms with Crippen LogP contribution in [0.25, 0.3) is 0 Å². The van der Waals surface area contributed by atoms with Gasteiger partial charge in [-0.25, -0.2) is 0 Å². The van der Waals surface area contributed by atoms with Crippen LogP contribution in [0.3, 0.4) is 0 Å². The monoisotopic (exact) mass is 317 g/mol. The van der Waals surface area contributed by atoms with E-state index in [4.69, 9.17) is 0 Å². The lowest BCUT2D eigenvalue weighted by Gasteiger charge is -2.30. The van der Waals surface area contributed by atoms with Gasteiger partial charge in [-0.2, -0.15) is 0 Å². The fourth-order valence-corrected chi connectivity index (χ4v) is 3.41. The van der Waals surface area contributed by atoms with Crippen LogP contribution in [0, 0.1) is 5.92 Å². The predicted molar refractivity (Wildman–Crippen MR) is 89.8 cm³/mol. The molecule has 3 rings (SSSR count). The minimum Gasteiger partial charge on any atom is -0.393 e. The van der Waals surface area contributed by atoms with Gasteiger partial charge in [0.1, 0.15) is 0 Å². The third-order valence-electron chi connectivity index (χ3n) is 4.95. The maximum atomic E-state index is 12.2. The van der Waals surface area contributed by atoms with Crippen molar-refractivity contribution >= 4 is 5.91 Å². The summed E-state index contributed by atoms with van der Waals surface area (Å²) in [6, 6.07) is 8.33. The highest BCUT2D eigenvalue weighted by atomic mass is 16.3. The summed E-state index contributed by atoms with van der Waals surface area (Å²) in [5, 5.41) is 15.9. The van der Waals surface area contributed by atoms with Gasteiger partial charge >= 0.3 is 0 Å². The van der Waals surface area contributed by atoms with Crippen molar-refractivity contribution in [2.24, 2.45) is 5.92 Å². The molecule has 0 aromatic heterocycles. The quantitative estimate of drug-likeness (QED) is 0.754. The summed E-state index contributed by atoms with van der Waals surface area (Å²) < 4.78 is 0. The summed E-state index contributed by atoms with van der Waals surface area (Å²) in [7, 11) is 0. The van der Waals surface area contributed by atoms with Gasteiger partial charge in [0.05, 0.1) is 12.0 Å². The van der Waals surface area contributed by atoms with Gasteiger partial charge in [-0.1, -0.05) is 24.3 Å². The first-order chi connectivity index (χ1) is 11.2. The Labute approximate surface area is 138 Å². The van der Waals surface area contributed by atoms with E-state index < -0.39 is 0 Å². The van der Waals surface area contributed by atoms with Gasteiger partial charge < -0.3 is 15.7 Å². The van der Waals surface area contributed by atoms with Crippen molar-refractivity contribution in [3.05, 3.63) is 35.4 Å². The van der Waals surface area contributed by atoms with Gasteiger partial charge in [-0.15, -0.1) is 0 Å². The van der Waals surface area contributed by atoms with Crippen molar-refractivity contribution in [2.45, 2.75) is 38.5 Å². The Morgan fingerprint density at radius 3 is 2.65 bits per heavy atom. The average molecular weight is 317 g/mol. The van der Waals surface area contributed by atoms with Crippen molar-refractivity contribution < 1.29 is 9.90 Å². The van der Waals surface area contributed by atoms with E-state index in [0.29, 0.717) is 6.54 Å². The minimum atomic E-state index is -0.138. The number of nitrogens with one attached hydrogen (secondary N) is 2. The smallest absolute Gasteiger partial charge is 0.224 e. The molecule has 2 heterocycles. The van der Waals surface area contributed by atoms with Gasteiger partial charge in [0.2, 0.25) is 5.91 Å². The van der Waals surface area contributed by atoms with E-state index in [9.17, 15) is 9.90 Å². The Kier molecular flexibility index (Phi) is 5.65. The Morgan fingerprint density at radius 1 is 1.22 bits per heavy atom. The van der Waals surface area contributed by atoms with Gasteiger partial charge in [0, 0.05) is 32.7 Å². The summed E-state index contributed by atoms with van der Waals surface area (Å²) in [6.07, 6.45) is 2.51. The van der Waals surface area contributed by atoms with Crippen LogP contribution in [0.5, 0.6) is 0 Å². The predicted octanol–water partition coefficient (Wildman–Crippen LogP) is 0.869. The second-order valence-corrected chi connectivity index (χ2v) is 6.68. The first-order valence-corrected chi connectivity index (χ1v) is 8.68. The lowest BCUT2D eigenvalue weighted by molar-refractivity contribution is -0.124. The summed E-state index contributed by atoms with van der Waals surface area (Å²) in [5.74, 6) is 0.275. The molecule has 0 aliphatic carbocycles. The first kappa shape index (κ1) is 16.4. The Balaban J connectivity index is 1.55. The summed E-state index contributed by atoms with van der Waals surface area (Å²) in [6.45, 7) is 5.11. The number of carbonyl (C=O) groups excluding carboxylic acids is 1. The SMILES string of the molecule is O=C(NCc1ccccc1CN1CCC(O)CC1)[C@H]1CCNC1. The molecule has 0 saturated carbocycles. The van der Waals surface area contributed by atoms with Crippen LogP contribution in [0.4, 0.5) is 0 Å². The van der Waals surface area contributed by atoms with Gasteiger partial charge in [0.15, 0.2) is 0 Å². The molecular formula is C18H27N3O2. The molecule has 1 aromatic rings. The van der Waals surface area contributed by atoms with Crippen LogP contribution in [-0.2, 0) is 17.9 Å². The van der Waals surface area contributed by atoms with E-state index in [1.165, 1.54) is 11.1 Å². The van der Waals surface area contributed by atoms with Crippen molar-refractivity contribution in [3.63, 3.8) is 0 Å². The Hall–Kier alpha value is -1.43. The molecule has 3 N–H and O–H groups in total. The van der Waals surface area contributed by atoms with Gasteiger partial charge in [-0.05, 0) is 36.9 Å². The summed E-state index contributed by atoms with van der Waals surface area (Å²) in [4.78, 5) is 14.5. The Morgan fingerprint density at radius 2 is 1.96 bits per heavy atom. The highest BCUT2D eigenvalue weighted by Crippen LogP contribution is 2.17. The molecule has 2 aliphatic rings. The lowest BCUT2D eigenvalue weighted by atomic mass is 10.0. The number of hydrogen-bond acceptors (Lipinski definition) is 4. The van der Waals surface area contributed by atoms with E-state index in [1.54, 1.807) is 0 Å². The number of aliphatic hydroxyl groups excluding tert-OH is 1. The molecule has 0 unspecified atom stereocenters. The molecule has 0 bridgehead atoms. The van der Waals surface area contributed by atoms with Crippen molar-refractivity contribution in [3.8, 4) is 0 Å². The highest BCUT2D eigenvalue weighted by Gasteiger charge is 2.22. The summed E-state index contributed by atoms with van der Waals surface area (Å²) in [5.41, 5.74) is 2.46. The van der Waals surface area contributed by atoms with E-state index in [1.807, 2.05) is 6.07 Å². The highest BCUT2D eigenvalue weighted by molar-refractivity contribution is 5.79. The van der Waals surface area contributed by atoms with Crippen LogP contribution in [-0.4, -0.2) is 48.2 Å². The largest absolute Gasteiger partial charge is 0.393 e. The molecule has 0 spiro atoms. The van der Waals surface area contributed by atoms with Crippen LogP contribution in [0.15, 0.2) is 24.3 Å². The fraction of sp³-hybridized carbons (Fsp3) is 0.611. The van der Waals surface area contributed by atoms with Crippen molar-refractivity contribution in [1.29, 1.82) is 0 Å². The number of benzene rings is 1. The third kappa shape index (κ3) is 4.53. The van der Waals surface area contributed by atoms with Gasteiger partial charge in [0.25, 0.3) is 0 Å². The van der Waals surface area contributed by atoms with E-state index >= 15 is 0 Å². The van der Waals surface area contributed by atoms with E-state index in [-0.39, 0.29) is 17.9 Å². The first-order valence-electron chi connectivity index (χ1n) is 8.68.